The molecule has 6 nitrogen and oxygen atoms in total. The molecule has 6 heteroatoms. The zero-order valence-electron chi connectivity index (χ0n) is 15.9. The van der Waals surface area contributed by atoms with Crippen LogP contribution in [0.1, 0.15) is 52.0 Å². The zero-order chi connectivity index (χ0) is 19.5. The molecule has 142 valence electrons. The van der Waals surface area contributed by atoms with Gasteiger partial charge >= 0.3 is 5.97 Å². The van der Waals surface area contributed by atoms with Gasteiger partial charge in [0.15, 0.2) is 0 Å². The number of nitrogens with one attached hydrogen (secondary N) is 1. The Morgan fingerprint density at radius 1 is 1.19 bits per heavy atom. The molecule has 0 bridgehead atoms. The standard InChI is InChI=1S/C20H28N2O4/c1-13(18(24)25)14-7-9-16(10-8-14)21-17(23)15-6-5-11-22(12-15)19(26)20(2,3)4/h7-10,13,15H,5-6,11-12H2,1-4H3,(H,21,23)(H,24,25). The van der Waals surface area contributed by atoms with Crippen molar-refractivity contribution in [2.75, 3.05) is 18.4 Å². The zero-order valence-corrected chi connectivity index (χ0v) is 15.9. The molecule has 2 atom stereocenters. The van der Waals surface area contributed by atoms with Crippen LogP contribution < -0.4 is 5.32 Å². The third kappa shape index (κ3) is 4.84. The molecule has 2 amide bonds. The first-order chi connectivity index (χ1) is 12.1. The van der Waals surface area contributed by atoms with Gasteiger partial charge in [0, 0.05) is 24.2 Å². The topological polar surface area (TPSA) is 86.7 Å². The molecule has 1 aromatic carbocycles. The number of hydrogen-bond donors (Lipinski definition) is 2. The molecule has 1 aliphatic rings. The molecule has 2 N–H and O–H groups in total. The van der Waals surface area contributed by atoms with E-state index >= 15 is 0 Å². The third-order valence-electron chi connectivity index (χ3n) is 4.77. The maximum atomic E-state index is 12.6. The highest BCUT2D eigenvalue weighted by molar-refractivity contribution is 5.93. The lowest BCUT2D eigenvalue weighted by Crippen LogP contribution is -2.47. The van der Waals surface area contributed by atoms with Gasteiger partial charge in [0.25, 0.3) is 0 Å². The lowest BCUT2D eigenvalue weighted by Gasteiger charge is -2.35. The van der Waals surface area contributed by atoms with Crippen LogP contribution in [0.4, 0.5) is 5.69 Å². The molecule has 26 heavy (non-hydrogen) atoms. The lowest BCUT2D eigenvalue weighted by atomic mass is 9.91. The summed E-state index contributed by atoms with van der Waals surface area (Å²) in [6, 6.07) is 6.86. The highest BCUT2D eigenvalue weighted by Crippen LogP contribution is 2.25. The molecule has 1 heterocycles. The summed E-state index contributed by atoms with van der Waals surface area (Å²) in [6.07, 6.45) is 1.57. The molecule has 2 unspecified atom stereocenters. The molecule has 0 radical (unpaired) electrons. The number of carbonyl (C=O) groups is 3. The number of rotatable bonds is 4. The molecule has 1 fully saturated rings. The molecule has 1 aromatic rings. The SMILES string of the molecule is CC(C(=O)O)c1ccc(NC(=O)C2CCCN(C(=O)C(C)(C)C)C2)cc1. The van der Waals surface area contributed by atoms with Crippen LogP contribution in [0.2, 0.25) is 0 Å². The number of amides is 2. The van der Waals surface area contributed by atoms with Crippen molar-refractivity contribution in [3.05, 3.63) is 29.8 Å². The van der Waals surface area contributed by atoms with E-state index in [2.05, 4.69) is 5.32 Å². The van der Waals surface area contributed by atoms with Crippen molar-refractivity contribution in [3.63, 3.8) is 0 Å². The molecule has 0 saturated carbocycles. The van der Waals surface area contributed by atoms with Crippen LogP contribution in [-0.2, 0) is 14.4 Å². The second-order valence-electron chi connectivity index (χ2n) is 8.01. The lowest BCUT2D eigenvalue weighted by molar-refractivity contribution is -0.142. The summed E-state index contributed by atoms with van der Waals surface area (Å²) in [5, 5.41) is 11.9. The van der Waals surface area contributed by atoms with Crippen LogP contribution in [0.15, 0.2) is 24.3 Å². The van der Waals surface area contributed by atoms with Gasteiger partial charge in [-0.25, -0.2) is 0 Å². The Hall–Kier alpha value is -2.37. The number of piperidine rings is 1. The maximum Gasteiger partial charge on any atom is 0.310 e. The second-order valence-corrected chi connectivity index (χ2v) is 8.01. The van der Waals surface area contributed by atoms with Gasteiger partial charge < -0.3 is 15.3 Å². The Kier molecular flexibility index (Phi) is 6.05. The van der Waals surface area contributed by atoms with Crippen LogP contribution in [0, 0.1) is 11.3 Å². The van der Waals surface area contributed by atoms with E-state index in [0.717, 1.165) is 12.8 Å². The van der Waals surface area contributed by atoms with Gasteiger partial charge in [0.2, 0.25) is 11.8 Å². The Labute approximate surface area is 154 Å². The van der Waals surface area contributed by atoms with Crippen molar-refractivity contribution in [3.8, 4) is 0 Å². The van der Waals surface area contributed by atoms with Gasteiger partial charge in [-0.2, -0.15) is 0 Å². The summed E-state index contributed by atoms with van der Waals surface area (Å²) in [6.45, 7) is 8.42. The molecule has 1 aliphatic heterocycles. The van der Waals surface area contributed by atoms with Crippen molar-refractivity contribution in [2.24, 2.45) is 11.3 Å². The largest absolute Gasteiger partial charge is 0.481 e. The quantitative estimate of drug-likeness (QED) is 0.864. The van der Waals surface area contributed by atoms with Crippen molar-refractivity contribution < 1.29 is 19.5 Å². The fraction of sp³-hybridized carbons (Fsp3) is 0.550. The Bertz CT molecular complexity index is 676. The molecule has 1 saturated heterocycles. The fourth-order valence-electron chi connectivity index (χ4n) is 3.09. The Morgan fingerprint density at radius 3 is 2.35 bits per heavy atom. The number of carboxylic acid groups (broad SMARTS) is 1. The minimum Gasteiger partial charge on any atom is -0.481 e. The number of aliphatic carboxylic acids is 1. The van der Waals surface area contributed by atoms with Crippen LogP contribution >= 0.6 is 0 Å². The summed E-state index contributed by atoms with van der Waals surface area (Å²) in [5.74, 6) is -1.73. The summed E-state index contributed by atoms with van der Waals surface area (Å²) in [5.41, 5.74) is 0.875. The first-order valence-electron chi connectivity index (χ1n) is 9.02. The number of anilines is 1. The number of benzene rings is 1. The predicted molar refractivity (Wildman–Crippen MR) is 99.9 cm³/mol. The van der Waals surface area contributed by atoms with Gasteiger partial charge in [0.1, 0.15) is 0 Å². The van der Waals surface area contributed by atoms with E-state index in [1.807, 2.05) is 20.8 Å². The first-order valence-corrected chi connectivity index (χ1v) is 9.02. The Balaban J connectivity index is 1.99. The molecule has 0 spiro atoms. The van der Waals surface area contributed by atoms with Crippen molar-refractivity contribution in [2.45, 2.75) is 46.5 Å². The normalized spacial score (nSPS) is 18.9. The van der Waals surface area contributed by atoms with E-state index in [0.29, 0.717) is 24.3 Å². The highest BCUT2D eigenvalue weighted by Gasteiger charge is 2.33. The average molecular weight is 360 g/mol. The summed E-state index contributed by atoms with van der Waals surface area (Å²) < 4.78 is 0. The van der Waals surface area contributed by atoms with Crippen LogP contribution in [-0.4, -0.2) is 40.9 Å². The van der Waals surface area contributed by atoms with Crippen LogP contribution in [0.3, 0.4) is 0 Å². The highest BCUT2D eigenvalue weighted by atomic mass is 16.4. The number of hydrogen-bond acceptors (Lipinski definition) is 3. The number of carboxylic acids is 1. The van der Waals surface area contributed by atoms with Gasteiger partial charge in [-0.05, 0) is 37.5 Å². The third-order valence-corrected chi connectivity index (χ3v) is 4.77. The van der Waals surface area contributed by atoms with E-state index < -0.39 is 17.3 Å². The van der Waals surface area contributed by atoms with E-state index in [1.54, 1.807) is 36.1 Å². The fourth-order valence-corrected chi connectivity index (χ4v) is 3.09. The van der Waals surface area contributed by atoms with E-state index in [9.17, 15) is 14.4 Å². The van der Waals surface area contributed by atoms with E-state index in [4.69, 9.17) is 5.11 Å². The average Bonchev–Trinajstić information content (AvgIpc) is 2.60. The summed E-state index contributed by atoms with van der Waals surface area (Å²) in [7, 11) is 0. The monoisotopic (exact) mass is 360 g/mol. The van der Waals surface area contributed by atoms with Crippen LogP contribution in [0.5, 0.6) is 0 Å². The van der Waals surface area contributed by atoms with Gasteiger partial charge in [0.05, 0.1) is 11.8 Å². The molecule has 0 aliphatic carbocycles. The maximum absolute atomic E-state index is 12.6. The van der Waals surface area contributed by atoms with Gasteiger partial charge in [-0.1, -0.05) is 32.9 Å². The first kappa shape index (κ1) is 19.9. The Morgan fingerprint density at radius 2 is 1.81 bits per heavy atom. The minimum absolute atomic E-state index is 0.0713. The van der Waals surface area contributed by atoms with Crippen molar-refractivity contribution >= 4 is 23.5 Å². The smallest absolute Gasteiger partial charge is 0.310 e. The molecular weight excluding hydrogens is 332 g/mol. The summed E-state index contributed by atoms with van der Waals surface area (Å²) in [4.78, 5) is 37.8. The molecule has 0 aromatic heterocycles. The van der Waals surface area contributed by atoms with E-state index in [-0.39, 0.29) is 17.7 Å². The molecule has 2 rings (SSSR count). The van der Waals surface area contributed by atoms with Gasteiger partial charge in [-0.15, -0.1) is 0 Å². The second kappa shape index (κ2) is 7.89. The van der Waals surface area contributed by atoms with Crippen LogP contribution in [0.25, 0.3) is 0 Å². The van der Waals surface area contributed by atoms with E-state index in [1.165, 1.54) is 0 Å². The minimum atomic E-state index is -0.882. The van der Waals surface area contributed by atoms with Crippen molar-refractivity contribution in [1.29, 1.82) is 0 Å². The summed E-state index contributed by atoms with van der Waals surface area (Å²) >= 11 is 0. The van der Waals surface area contributed by atoms with Crippen molar-refractivity contribution in [1.82, 2.24) is 4.90 Å². The number of likely N-dealkylation sites (tertiary alicyclic amines) is 1. The number of nitrogens with zero attached hydrogens (tertiary/aromatic N) is 1. The number of carbonyl (C=O) groups excluding carboxylic acids is 2. The predicted octanol–water partition coefficient (Wildman–Crippen LogP) is 3.10. The van der Waals surface area contributed by atoms with Gasteiger partial charge in [-0.3, -0.25) is 14.4 Å². The molecular formula is C20H28N2O4.